The number of aromatic nitrogens is 2. The minimum Gasteiger partial charge on any atom is -0.495 e. The molecule has 0 bridgehead atoms. The number of ether oxygens (including phenoxy) is 1. The molecule has 0 saturated heterocycles. The normalized spacial score (nSPS) is 11.7. The van der Waals surface area contributed by atoms with Crippen molar-refractivity contribution in [1.82, 2.24) is 9.97 Å². The van der Waals surface area contributed by atoms with Crippen LogP contribution in [0.2, 0.25) is 5.02 Å². The summed E-state index contributed by atoms with van der Waals surface area (Å²) in [5.41, 5.74) is 1.60. The smallest absolute Gasteiger partial charge is 0.275 e. The van der Waals surface area contributed by atoms with Gasteiger partial charge in [-0.3, -0.25) is 4.79 Å². The van der Waals surface area contributed by atoms with Gasteiger partial charge in [0, 0.05) is 17.1 Å². The lowest BCUT2D eigenvalue weighted by atomic mass is 10.2. The maximum atomic E-state index is 12.3. The number of hydrogen-bond acceptors (Lipinski definition) is 5. The molecule has 2 N–H and O–H groups in total. The number of carbonyl (C=O) groups is 1. The number of rotatable bonds is 6. The molecule has 6 nitrogen and oxygen atoms in total. The highest BCUT2D eigenvalue weighted by Crippen LogP contribution is 2.31. The van der Waals surface area contributed by atoms with E-state index < -0.39 is 0 Å². The highest BCUT2D eigenvalue weighted by Gasteiger charge is 2.13. The van der Waals surface area contributed by atoms with Crippen LogP contribution in [0.25, 0.3) is 0 Å². The van der Waals surface area contributed by atoms with Crippen LogP contribution in [0.15, 0.2) is 24.5 Å². The van der Waals surface area contributed by atoms with E-state index in [-0.39, 0.29) is 11.6 Å². The molecule has 0 aliphatic carbocycles. The Balaban J connectivity index is 2.14. The first kappa shape index (κ1) is 18.0. The Morgan fingerprint density at radius 3 is 2.67 bits per heavy atom. The highest BCUT2D eigenvalue weighted by atomic mass is 35.5. The molecular weight excluding hydrogens is 328 g/mol. The van der Waals surface area contributed by atoms with Crippen molar-refractivity contribution in [3.8, 4) is 5.75 Å². The van der Waals surface area contributed by atoms with E-state index in [0.29, 0.717) is 28.3 Å². The average molecular weight is 349 g/mol. The van der Waals surface area contributed by atoms with Gasteiger partial charge in [0.1, 0.15) is 17.3 Å². The van der Waals surface area contributed by atoms with Crippen LogP contribution in [-0.2, 0) is 0 Å². The number of halogens is 1. The number of nitrogens with zero attached hydrogens (tertiary/aromatic N) is 2. The van der Waals surface area contributed by atoms with Gasteiger partial charge in [0.05, 0.1) is 25.2 Å². The minimum absolute atomic E-state index is 0.222. The van der Waals surface area contributed by atoms with Crippen LogP contribution >= 0.6 is 11.6 Å². The van der Waals surface area contributed by atoms with Crippen molar-refractivity contribution in [3.63, 3.8) is 0 Å². The van der Waals surface area contributed by atoms with Gasteiger partial charge in [0.15, 0.2) is 0 Å². The summed E-state index contributed by atoms with van der Waals surface area (Å²) < 4.78 is 5.25. The predicted molar refractivity (Wildman–Crippen MR) is 96.1 cm³/mol. The number of nitrogens with one attached hydrogen (secondary N) is 2. The average Bonchev–Trinajstić information content (AvgIpc) is 2.58. The number of amides is 1. The van der Waals surface area contributed by atoms with Crippen LogP contribution in [0, 0.1) is 6.92 Å². The summed E-state index contributed by atoms with van der Waals surface area (Å²) >= 11 is 6.07. The van der Waals surface area contributed by atoms with Gasteiger partial charge < -0.3 is 15.4 Å². The fraction of sp³-hybridized carbons (Fsp3) is 0.353. The topological polar surface area (TPSA) is 76.1 Å². The fourth-order valence-corrected chi connectivity index (χ4v) is 2.14. The Morgan fingerprint density at radius 2 is 2.08 bits per heavy atom. The van der Waals surface area contributed by atoms with Crippen LogP contribution in [0.4, 0.5) is 11.5 Å². The molecule has 0 aliphatic rings. The third-order valence-corrected chi connectivity index (χ3v) is 4.03. The molecule has 1 aromatic heterocycles. The molecule has 128 valence electrons. The Kier molecular flexibility index (Phi) is 5.98. The fourth-order valence-electron chi connectivity index (χ4n) is 1.99. The van der Waals surface area contributed by atoms with E-state index >= 15 is 0 Å². The summed E-state index contributed by atoms with van der Waals surface area (Å²) in [5.74, 6) is 0.764. The van der Waals surface area contributed by atoms with Crippen LogP contribution in [0.1, 0.15) is 36.3 Å². The monoisotopic (exact) mass is 348 g/mol. The quantitative estimate of drug-likeness (QED) is 0.827. The van der Waals surface area contributed by atoms with E-state index in [2.05, 4.69) is 34.4 Å². The van der Waals surface area contributed by atoms with E-state index in [1.807, 2.05) is 6.92 Å². The first-order valence-corrected chi connectivity index (χ1v) is 8.06. The lowest BCUT2D eigenvalue weighted by molar-refractivity contribution is 0.102. The third-order valence-electron chi connectivity index (χ3n) is 3.62. The van der Waals surface area contributed by atoms with Crippen molar-refractivity contribution in [3.05, 3.63) is 40.8 Å². The second-order valence-corrected chi connectivity index (χ2v) is 5.90. The molecule has 2 aromatic rings. The van der Waals surface area contributed by atoms with E-state index in [1.165, 1.54) is 13.3 Å². The number of carbonyl (C=O) groups excluding carboxylic acids is 1. The molecule has 1 amide bonds. The zero-order valence-electron chi connectivity index (χ0n) is 14.2. The maximum Gasteiger partial charge on any atom is 0.275 e. The Hall–Kier alpha value is -2.34. The number of hydrogen-bond donors (Lipinski definition) is 2. The Morgan fingerprint density at radius 1 is 1.33 bits per heavy atom. The maximum absolute atomic E-state index is 12.3. The van der Waals surface area contributed by atoms with Gasteiger partial charge in [-0.1, -0.05) is 18.5 Å². The number of benzene rings is 1. The minimum atomic E-state index is -0.363. The summed E-state index contributed by atoms with van der Waals surface area (Å²) in [5, 5.41) is 6.55. The van der Waals surface area contributed by atoms with Crippen molar-refractivity contribution in [2.24, 2.45) is 0 Å². The van der Waals surface area contributed by atoms with E-state index in [0.717, 1.165) is 12.0 Å². The van der Waals surface area contributed by atoms with Crippen LogP contribution in [-0.4, -0.2) is 29.0 Å². The highest BCUT2D eigenvalue weighted by molar-refractivity contribution is 6.31. The lowest BCUT2D eigenvalue weighted by Crippen LogP contribution is -2.17. The van der Waals surface area contributed by atoms with Gasteiger partial charge in [-0.05, 0) is 31.9 Å². The van der Waals surface area contributed by atoms with Gasteiger partial charge in [-0.2, -0.15) is 0 Å². The Labute approximate surface area is 146 Å². The standard InChI is InChI=1S/C17H21ClN4O2/c1-5-11(3)21-16-9-19-14(8-20-16)17(23)22-13-6-10(2)12(18)7-15(13)24-4/h6-9,11H,5H2,1-4H3,(H,20,21)(H,22,23). The summed E-state index contributed by atoms with van der Waals surface area (Å²) in [4.78, 5) is 20.7. The molecule has 0 saturated carbocycles. The van der Waals surface area contributed by atoms with Gasteiger partial charge in [0.2, 0.25) is 0 Å². The van der Waals surface area contributed by atoms with Crippen molar-refractivity contribution in [1.29, 1.82) is 0 Å². The molecule has 1 unspecified atom stereocenters. The summed E-state index contributed by atoms with van der Waals surface area (Å²) in [7, 11) is 1.52. The molecule has 1 atom stereocenters. The zero-order valence-corrected chi connectivity index (χ0v) is 14.9. The first-order valence-electron chi connectivity index (χ1n) is 7.68. The molecule has 1 heterocycles. The van der Waals surface area contributed by atoms with Crippen molar-refractivity contribution in [2.75, 3.05) is 17.7 Å². The molecule has 0 fully saturated rings. The molecule has 0 radical (unpaired) electrons. The molecule has 0 aliphatic heterocycles. The Bertz CT molecular complexity index is 719. The van der Waals surface area contributed by atoms with Gasteiger partial charge in [-0.25, -0.2) is 9.97 Å². The first-order chi connectivity index (χ1) is 11.4. The second kappa shape index (κ2) is 7.97. The van der Waals surface area contributed by atoms with Gasteiger partial charge in [0.25, 0.3) is 5.91 Å². The SMILES string of the molecule is CCC(C)Nc1cnc(C(=O)Nc2cc(C)c(Cl)cc2OC)cn1. The second-order valence-electron chi connectivity index (χ2n) is 5.50. The van der Waals surface area contributed by atoms with Gasteiger partial charge in [-0.15, -0.1) is 0 Å². The number of methoxy groups -OCH3 is 1. The lowest BCUT2D eigenvalue weighted by Gasteiger charge is -2.13. The molecule has 2 rings (SSSR count). The predicted octanol–water partition coefficient (Wildman–Crippen LogP) is 3.91. The third kappa shape index (κ3) is 4.35. The largest absolute Gasteiger partial charge is 0.495 e. The van der Waals surface area contributed by atoms with Gasteiger partial charge >= 0.3 is 0 Å². The van der Waals surface area contributed by atoms with Crippen molar-refractivity contribution >= 4 is 29.0 Å². The van der Waals surface area contributed by atoms with E-state index in [9.17, 15) is 4.79 Å². The van der Waals surface area contributed by atoms with Crippen LogP contribution in [0.5, 0.6) is 5.75 Å². The van der Waals surface area contributed by atoms with E-state index in [1.54, 1.807) is 18.3 Å². The summed E-state index contributed by atoms with van der Waals surface area (Å²) in [6.07, 6.45) is 3.96. The molecule has 7 heteroatoms. The van der Waals surface area contributed by atoms with Crippen molar-refractivity contribution in [2.45, 2.75) is 33.2 Å². The molecule has 24 heavy (non-hydrogen) atoms. The number of aryl methyl sites for hydroxylation is 1. The summed E-state index contributed by atoms with van der Waals surface area (Å²) in [6, 6.07) is 3.71. The molecule has 1 aromatic carbocycles. The number of anilines is 2. The van der Waals surface area contributed by atoms with Crippen LogP contribution in [0.3, 0.4) is 0 Å². The summed E-state index contributed by atoms with van der Waals surface area (Å²) in [6.45, 7) is 5.98. The molecule has 0 spiro atoms. The van der Waals surface area contributed by atoms with Crippen LogP contribution < -0.4 is 15.4 Å². The van der Waals surface area contributed by atoms with Crippen molar-refractivity contribution < 1.29 is 9.53 Å². The molecular formula is C17H21ClN4O2. The zero-order chi connectivity index (χ0) is 17.7. The van der Waals surface area contributed by atoms with E-state index in [4.69, 9.17) is 16.3 Å².